The van der Waals surface area contributed by atoms with E-state index in [1.807, 2.05) is 0 Å². The first kappa shape index (κ1) is 15.1. The monoisotopic (exact) mass is 276 g/mol. The second kappa shape index (κ2) is 7.46. The summed E-state index contributed by atoms with van der Waals surface area (Å²) < 4.78 is 0. The second-order valence-electron chi connectivity index (χ2n) is 5.49. The van der Waals surface area contributed by atoms with E-state index >= 15 is 0 Å². The van der Waals surface area contributed by atoms with Crippen LogP contribution in [0.5, 0.6) is 0 Å². The molecule has 0 bridgehead atoms. The summed E-state index contributed by atoms with van der Waals surface area (Å²) in [5, 5.41) is 3.37. The molecule has 0 radical (unpaired) electrons. The molecule has 1 fully saturated rings. The Balaban J connectivity index is 2.30. The van der Waals surface area contributed by atoms with Crippen LogP contribution >= 0.6 is 0 Å². The molecule has 1 N–H and O–H groups in total. The van der Waals surface area contributed by atoms with Crippen molar-refractivity contribution >= 4 is 11.6 Å². The first-order valence-electron chi connectivity index (χ1n) is 8.16. The van der Waals surface area contributed by atoms with Crippen LogP contribution in [0.25, 0.3) is 0 Å². The molecule has 1 aliphatic rings. The molecule has 4 heteroatoms. The second-order valence-corrected chi connectivity index (χ2v) is 5.49. The molecule has 0 amide bonds. The number of rotatable bonds is 6. The summed E-state index contributed by atoms with van der Waals surface area (Å²) in [5.74, 6) is 2.15. The Morgan fingerprint density at radius 1 is 1.15 bits per heavy atom. The van der Waals surface area contributed by atoms with E-state index in [9.17, 15) is 0 Å². The van der Waals surface area contributed by atoms with Gasteiger partial charge in [0.05, 0.1) is 0 Å². The van der Waals surface area contributed by atoms with Crippen molar-refractivity contribution in [1.29, 1.82) is 0 Å². The van der Waals surface area contributed by atoms with Gasteiger partial charge in [-0.3, -0.25) is 0 Å². The van der Waals surface area contributed by atoms with Gasteiger partial charge in [-0.15, -0.1) is 0 Å². The highest BCUT2D eigenvalue weighted by Crippen LogP contribution is 2.30. The predicted molar refractivity (Wildman–Crippen MR) is 85.5 cm³/mol. The van der Waals surface area contributed by atoms with E-state index in [0.717, 1.165) is 31.1 Å². The van der Waals surface area contributed by atoms with Crippen molar-refractivity contribution in [2.75, 3.05) is 23.3 Å². The molecule has 1 aromatic heterocycles. The average molecular weight is 276 g/mol. The van der Waals surface area contributed by atoms with Gasteiger partial charge in [0.15, 0.2) is 0 Å². The van der Waals surface area contributed by atoms with Crippen LogP contribution in [0, 0.1) is 0 Å². The Morgan fingerprint density at radius 2 is 1.90 bits per heavy atom. The molecule has 112 valence electrons. The summed E-state index contributed by atoms with van der Waals surface area (Å²) >= 11 is 0. The molecule has 0 spiro atoms. The van der Waals surface area contributed by atoms with Gasteiger partial charge in [0.2, 0.25) is 0 Å². The zero-order valence-electron chi connectivity index (χ0n) is 13.2. The fourth-order valence-corrected chi connectivity index (χ4v) is 3.27. The quantitative estimate of drug-likeness (QED) is 0.861. The van der Waals surface area contributed by atoms with Crippen LogP contribution in [-0.4, -0.2) is 29.1 Å². The minimum Gasteiger partial charge on any atom is -0.370 e. The fraction of sp³-hybridized carbons (Fsp3) is 0.750. The Bertz CT molecular complexity index is 413. The molecule has 4 nitrogen and oxygen atoms in total. The number of nitrogens with one attached hydrogen (secondary N) is 1. The van der Waals surface area contributed by atoms with Gasteiger partial charge in [-0.05, 0) is 33.1 Å². The first-order valence-corrected chi connectivity index (χ1v) is 8.16. The Morgan fingerprint density at radius 3 is 2.50 bits per heavy atom. The van der Waals surface area contributed by atoms with E-state index in [4.69, 9.17) is 0 Å². The Hall–Kier alpha value is -1.32. The molecule has 2 rings (SSSR count). The van der Waals surface area contributed by atoms with Crippen LogP contribution in [0.4, 0.5) is 11.6 Å². The van der Waals surface area contributed by atoms with Crippen molar-refractivity contribution in [1.82, 2.24) is 9.97 Å². The van der Waals surface area contributed by atoms with E-state index in [1.165, 1.54) is 37.7 Å². The summed E-state index contributed by atoms with van der Waals surface area (Å²) in [5.41, 5.74) is 1.27. The first-order chi connectivity index (χ1) is 9.81. The van der Waals surface area contributed by atoms with Crippen molar-refractivity contribution in [3.63, 3.8) is 0 Å². The van der Waals surface area contributed by atoms with Crippen molar-refractivity contribution in [3.8, 4) is 0 Å². The van der Waals surface area contributed by atoms with E-state index in [1.54, 1.807) is 6.33 Å². The summed E-state index contributed by atoms with van der Waals surface area (Å²) in [6, 6.07) is 0.656. The lowest BCUT2D eigenvalue weighted by molar-refractivity contribution is 0.415. The zero-order valence-corrected chi connectivity index (χ0v) is 13.2. The SMILES string of the molecule is CCNc1ncnc(N(CC)C2CCCCC2)c1CC. The van der Waals surface area contributed by atoms with Gasteiger partial charge in [0, 0.05) is 24.7 Å². The van der Waals surface area contributed by atoms with E-state index in [-0.39, 0.29) is 0 Å². The Labute approximate surface area is 123 Å². The lowest BCUT2D eigenvalue weighted by Gasteiger charge is -2.35. The van der Waals surface area contributed by atoms with Crippen LogP contribution < -0.4 is 10.2 Å². The molecule has 20 heavy (non-hydrogen) atoms. The van der Waals surface area contributed by atoms with Crippen molar-refractivity contribution < 1.29 is 0 Å². The topological polar surface area (TPSA) is 41.1 Å². The minimum absolute atomic E-state index is 0.656. The van der Waals surface area contributed by atoms with Crippen LogP contribution in [0.2, 0.25) is 0 Å². The van der Waals surface area contributed by atoms with Crippen LogP contribution in [0.15, 0.2) is 6.33 Å². The van der Waals surface area contributed by atoms with Gasteiger partial charge in [-0.25, -0.2) is 9.97 Å². The number of nitrogens with zero attached hydrogens (tertiary/aromatic N) is 3. The smallest absolute Gasteiger partial charge is 0.137 e. The van der Waals surface area contributed by atoms with Gasteiger partial charge in [0.1, 0.15) is 18.0 Å². The number of hydrogen-bond donors (Lipinski definition) is 1. The number of aromatic nitrogens is 2. The molecule has 0 atom stereocenters. The molecular weight excluding hydrogens is 248 g/mol. The highest BCUT2D eigenvalue weighted by Gasteiger charge is 2.24. The van der Waals surface area contributed by atoms with Gasteiger partial charge >= 0.3 is 0 Å². The highest BCUT2D eigenvalue weighted by atomic mass is 15.2. The minimum atomic E-state index is 0.656. The standard InChI is InChI=1S/C16H28N4/c1-4-14-15(17-5-2)18-12-19-16(14)20(6-3)13-10-8-7-9-11-13/h12-13H,4-11H2,1-3H3,(H,17,18,19). The lowest BCUT2D eigenvalue weighted by atomic mass is 9.94. The average Bonchev–Trinajstić information content (AvgIpc) is 2.50. The van der Waals surface area contributed by atoms with Gasteiger partial charge in [-0.1, -0.05) is 26.2 Å². The third-order valence-corrected chi connectivity index (χ3v) is 4.25. The summed E-state index contributed by atoms with van der Waals surface area (Å²) in [7, 11) is 0. The van der Waals surface area contributed by atoms with Crippen LogP contribution in [0.1, 0.15) is 58.4 Å². The van der Waals surface area contributed by atoms with E-state index < -0.39 is 0 Å². The lowest BCUT2D eigenvalue weighted by Crippen LogP contribution is -2.38. The maximum atomic E-state index is 4.61. The third-order valence-electron chi connectivity index (χ3n) is 4.25. The molecule has 0 saturated heterocycles. The van der Waals surface area contributed by atoms with Gasteiger partial charge < -0.3 is 10.2 Å². The molecule has 1 saturated carbocycles. The molecule has 0 unspecified atom stereocenters. The molecular formula is C16H28N4. The van der Waals surface area contributed by atoms with Gasteiger partial charge in [-0.2, -0.15) is 0 Å². The molecule has 0 aromatic carbocycles. The molecule has 1 aromatic rings. The largest absolute Gasteiger partial charge is 0.370 e. The third kappa shape index (κ3) is 3.22. The van der Waals surface area contributed by atoms with Crippen molar-refractivity contribution in [3.05, 3.63) is 11.9 Å². The van der Waals surface area contributed by atoms with E-state index in [2.05, 4.69) is 41.0 Å². The predicted octanol–water partition coefficient (Wildman–Crippen LogP) is 3.63. The molecule has 0 aliphatic heterocycles. The number of anilines is 2. The number of hydrogen-bond acceptors (Lipinski definition) is 4. The van der Waals surface area contributed by atoms with Gasteiger partial charge in [0.25, 0.3) is 0 Å². The fourth-order valence-electron chi connectivity index (χ4n) is 3.27. The summed E-state index contributed by atoms with van der Waals surface area (Å²) in [4.78, 5) is 11.5. The molecule has 1 aliphatic carbocycles. The van der Waals surface area contributed by atoms with Crippen LogP contribution in [-0.2, 0) is 6.42 Å². The van der Waals surface area contributed by atoms with Crippen molar-refractivity contribution in [2.24, 2.45) is 0 Å². The molecule has 1 heterocycles. The maximum absolute atomic E-state index is 4.61. The summed E-state index contributed by atoms with van der Waals surface area (Å²) in [6.45, 7) is 8.47. The van der Waals surface area contributed by atoms with Crippen molar-refractivity contribution in [2.45, 2.75) is 65.3 Å². The van der Waals surface area contributed by atoms with E-state index in [0.29, 0.717) is 6.04 Å². The van der Waals surface area contributed by atoms with Crippen LogP contribution in [0.3, 0.4) is 0 Å². The Kier molecular flexibility index (Phi) is 5.62. The maximum Gasteiger partial charge on any atom is 0.137 e. The summed E-state index contributed by atoms with van der Waals surface area (Å²) in [6.07, 6.45) is 9.39. The zero-order chi connectivity index (χ0) is 14.4. The highest BCUT2D eigenvalue weighted by molar-refractivity contribution is 5.59. The normalized spacial score (nSPS) is 16.1.